The van der Waals surface area contributed by atoms with E-state index >= 15 is 0 Å². The molecule has 3 aromatic rings. The molecule has 3 rings (SSSR count). The Kier molecular flexibility index (Phi) is 4.68. The van der Waals surface area contributed by atoms with E-state index in [1.807, 2.05) is 36.4 Å². The summed E-state index contributed by atoms with van der Waals surface area (Å²) in [6.07, 6.45) is 0. The molecule has 0 aliphatic carbocycles. The van der Waals surface area contributed by atoms with Crippen LogP contribution >= 0.6 is 0 Å². The van der Waals surface area contributed by atoms with Crippen molar-refractivity contribution in [1.82, 2.24) is 0 Å². The number of hydrogen-bond donors (Lipinski definition) is 2. The summed E-state index contributed by atoms with van der Waals surface area (Å²) >= 11 is 0. The SMILES string of the molecule is O=C(Nc1ccccc1)Nc1ccc(C(=O)c2ccccc2)cc1. The molecule has 2 N–H and O–H groups in total. The number of hydrogen-bond acceptors (Lipinski definition) is 2. The molecule has 118 valence electrons. The smallest absolute Gasteiger partial charge is 0.308 e. The van der Waals surface area contributed by atoms with E-state index in [-0.39, 0.29) is 11.8 Å². The van der Waals surface area contributed by atoms with Crippen molar-refractivity contribution in [2.24, 2.45) is 0 Å². The zero-order valence-corrected chi connectivity index (χ0v) is 12.9. The van der Waals surface area contributed by atoms with Crippen molar-refractivity contribution in [3.8, 4) is 0 Å². The van der Waals surface area contributed by atoms with E-state index in [0.29, 0.717) is 22.5 Å². The van der Waals surface area contributed by atoms with Gasteiger partial charge in [-0.2, -0.15) is 0 Å². The predicted octanol–water partition coefficient (Wildman–Crippen LogP) is 4.56. The first-order chi connectivity index (χ1) is 11.7. The lowest BCUT2D eigenvalue weighted by atomic mass is 10.0. The molecule has 0 unspecified atom stereocenters. The Bertz CT molecular complexity index is 829. The zero-order chi connectivity index (χ0) is 16.8. The van der Waals surface area contributed by atoms with E-state index in [1.165, 1.54) is 0 Å². The number of ketones is 1. The molecule has 0 radical (unpaired) electrons. The summed E-state index contributed by atoms with van der Waals surface area (Å²) in [6, 6.07) is 24.8. The Morgan fingerprint density at radius 1 is 0.542 bits per heavy atom. The Morgan fingerprint density at radius 2 is 1.00 bits per heavy atom. The molecule has 4 nitrogen and oxygen atoms in total. The Morgan fingerprint density at radius 3 is 1.58 bits per heavy atom. The average molecular weight is 316 g/mol. The van der Waals surface area contributed by atoms with Crippen molar-refractivity contribution in [2.75, 3.05) is 10.6 Å². The quantitative estimate of drug-likeness (QED) is 0.693. The minimum atomic E-state index is -0.330. The monoisotopic (exact) mass is 316 g/mol. The van der Waals surface area contributed by atoms with Crippen LogP contribution in [0.1, 0.15) is 15.9 Å². The molecule has 0 heterocycles. The van der Waals surface area contributed by atoms with Crippen LogP contribution < -0.4 is 10.6 Å². The van der Waals surface area contributed by atoms with E-state index in [4.69, 9.17) is 0 Å². The molecular weight excluding hydrogens is 300 g/mol. The molecular formula is C20H16N2O2. The van der Waals surface area contributed by atoms with Crippen molar-refractivity contribution < 1.29 is 9.59 Å². The van der Waals surface area contributed by atoms with E-state index in [2.05, 4.69) is 10.6 Å². The molecule has 24 heavy (non-hydrogen) atoms. The second-order valence-corrected chi connectivity index (χ2v) is 5.22. The van der Waals surface area contributed by atoms with Gasteiger partial charge in [0.25, 0.3) is 0 Å². The summed E-state index contributed by atoms with van der Waals surface area (Å²) in [7, 11) is 0. The summed E-state index contributed by atoms with van der Waals surface area (Å²) < 4.78 is 0. The van der Waals surface area contributed by atoms with Gasteiger partial charge in [0.2, 0.25) is 0 Å². The largest absolute Gasteiger partial charge is 0.323 e. The number of nitrogens with one attached hydrogen (secondary N) is 2. The highest BCUT2D eigenvalue weighted by Crippen LogP contribution is 2.14. The molecule has 0 spiro atoms. The summed E-state index contributed by atoms with van der Waals surface area (Å²) in [4.78, 5) is 24.3. The number of amides is 2. The molecule has 0 saturated carbocycles. The molecule has 0 bridgehead atoms. The summed E-state index contributed by atoms with van der Waals surface area (Å²) in [5.74, 6) is -0.0455. The molecule has 0 fully saturated rings. The van der Waals surface area contributed by atoms with Crippen LogP contribution in [0.5, 0.6) is 0 Å². The average Bonchev–Trinajstić information content (AvgIpc) is 2.63. The number of para-hydroxylation sites is 1. The third kappa shape index (κ3) is 3.87. The standard InChI is InChI=1S/C20H16N2O2/c23-19(15-7-3-1-4-8-15)16-11-13-18(14-12-16)22-20(24)21-17-9-5-2-6-10-17/h1-14H,(H2,21,22,24). The number of anilines is 2. The van der Waals surface area contributed by atoms with Gasteiger partial charge in [-0.25, -0.2) is 4.79 Å². The number of urea groups is 1. The van der Waals surface area contributed by atoms with E-state index in [0.717, 1.165) is 0 Å². The Balaban J connectivity index is 1.64. The second-order valence-electron chi connectivity index (χ2n) is 5.22. The van der Waals surface area contributed by atoms with Crippen LogP contribution in [-0.2, 0) is 0 Å². The summed E-state index contributed by atoms with van der Waals surface area (Å²) in [5, 5.41) is 5.47. The van der Waals surface area contributed by atoms with Crippen LogP contribution in [0.2, 0.25) is 0 Å². The second kappa shape index (κ2) is 7.24. The van der Waals surface area contributed by atoms with Gasteiger partial charge in [-0.1, -0.05) is 48.5 Å². The van der Waals surface area contributed by atoms with Crippen molar-refractivity contribution in [3.05, 3.63) is 96.1 Å². The molecule has 0 aliphatic heterocycles. The summed E-state index contributed by atoms with van der Waals surface area (Å²) in [6.45, 7) is 0. The van der Waals surface area contributed by atoms with Gasteiger partial charge in [0, 0.05) is 22.5 Å². The van der Waals surface area contributed by atoms with Crippen molar-refractivity contribution in [1.29, 1.82) is 0 Å². The first-order valence-electron chi connectivity index (χ1n) is 7.55. The van der Waals surface area contributed by atoms with Gasteiger partial charge in [0.05, 0.1) is 0 Å². The molecule has 3 aromatic carbocycles. The minimum absolute atomic E-state index is 0.0455. The highest BCUT2D eigenvalue weighted by atomic mass is 16.2. The van der Waals surface area contributed by atoms with Gasteiger partial charge in [-0.3, -0.25) is 4.79 Å². The highest BCUT2D eigenvalue weighted by Gasteiger charge is 2.09. The topological polar surface area (TPSA) is 58.2 Å². The minimum Gasteiger partial charge on any atom is -0.308 e. The third-order valence-electron chi connectivity index (χ3n) is 3.47. The number of carbonyl (C=O) groups is 2. The van der Waals surface area contributed by atoms with E-state index in [9.17, 15) is 9.59 Å². The van der Waals surface area contributed by atoms with Crippen LogP contribution in [0.4, 0.5) is 16.2 Å². The fourth-order valence-corrected chi connectivity index (χ4v) is 2.28. The normalized spacial score (nSPS) is 10.0. The van der Waals surface area contributed by atoms with Gasteiger partial charge in [-0.15, -0.1) is 0 Å². The van der Waals surface area contributed by atoms with Crippen LogP contribution in [0.25, 0.3) is 0 Å². The van der Waals surface area contributed by atoms with E-state index in [1.54, 1.807) is 48.5 Å². The molecule has 4 heteroatoms. The zero-order valence-electron chi connectivity index (χ0n) is 12.9. The van der Waals surface area contributed by atoms with E-state index < -0.39 is 0 Å². The lowest BCUT2D eigenvalue weighted by Gasteiger charge is -2.08. The first-order valence-corrected chi connectivity index (χ1v) is 7.55. The van der Waals surface area contributed by atoms with Crippen molar-refractivity contribution in [3.63, 3.8) is 0 Å². The van der Waals surface area contributed by atoms with Crippen LogP contribution in [0, 0.1) is 0 Å². The fraction of sp³-hybridized carbons (Fsp3) is 0. The summed E-state index contributed by atoms with van der Waals surface area (Å²) in [5.41, 5.74) is 2.55. The van der Waals surface area contributed by atoms with Gasteiger partial charge < -0.3 is 10.6 Å². The predicted molar refractivity (Wildman–Crippen MR) is 95.4 cm³/mol. The lowest BCUT2D eigenvalue weighted by molar-refractivity contribution is 0.103. The first kappa shape index (κ1) is 15.5. The van der Waals surface area contributed by atoms with Crippen molar-refractivity contribution >= 4 is 23.2 Å². The molecule has 0 aromatic heterocycles. The fourth-order valence-electron chi connectivity index (χ4n) is 2.28. The molecule has 0 saturated heterocycles. The maximum absolute atomic E-state index is 12.3. The Hall–Kier alpha value is -3.40. The Labute approximate surface area is 140 Å². The van der Waals surface area contributed by atoms with Crippen LogP contribution in [0.3, 0.4) is 0 Å². The number of rotatable bonds is 4. The maximum atomic E-state index is 12.3. The van der Waals surface area contributed by atoms with Crippen LogP contribution in [0.15, 0.2) is 84.9 Å². The molecule has 0 atom stereocenters. The number of carbonyl (C=O) groups excluding carboxylic acids is 2. The van der Waals surface area contributed by atoms with Crippen molar-refractivity contribution in [2.45, 2.75) is 0 Å². The maximum Gasteiger partial charge on any atom is 0.323 e. The molecule has 0 aliphatic rings. The van der Waals surface area contributed by atoms with Gasteiger partial charge in [-0.05, 0) is 36.4 Å². The van der Waals surface area contributed by atoms with Gasteiger partial charge >= 0.3 is 6.03 Å². The number of benzene rings is 3. The van der Waals surface area contributed by atoms with Gasteiger partial charge in [0.1, 0.15) is 0 Å². The van der Waals surface area contributed by atoms with Crippen LogP contribution in [-0.4, -0.2) is 11.8 Å². The van der Waals surface area contributed by atoms with Gasteiger partial charge in [0.15, 0.2) is 5.78 Å². The lowest BCUT2D eigenvalue weighted by Crippen LogP contribution is -2.19. The molecule has 2 amide bonds. The highest BCUT2D eigenvalue weighted by molar-refractivity contribution is 6.09. The third-order valence-corrected chi connectivity index (χ3v) is 3.47.